The summed E-state index contributed by atoms with van der Waals surface area (Å²) in [6.07, 6.45) is -1.29. The molecule has 0 fully saturated rings. The molecule has 1 N–H and O–H groups in total. The number of aromatic amines is 1. The van der Waals surface area contributed by atoms with Crippen LogP contribution in [0, 0.1) is 0 Å². The molecule has 1 amide bonds. The van der Waals surface area contributed by atoms with Crippen LogP contribution >= 0.6 is 0 Å². The van der Waals surface area contributed by atoms with Crippen molar-refractivity contribution in [3.8, 4) is 0 Å². The maximum atomic E-state index is 12.0. The zero-order valence-electron chi connectivity index (χ0n) is 8.04. The van der Waals surface area contributed by atoms with E-state index >= 15 is 0 Å². The van der Waals surface area contributed by atoms with Gasteiger partial charge in [0.15, 0.2) is 0 Å². The molecular formula is C9H10F2N2O2. The van der Waals surface area contributed by atoms with Crippen molar-refractivity contribution in [1.29, 1.82) is 0 Å². The fourth-order valence-electron chi connectivity index (χ4n) is 1.09. The molecule has 1 rings (SSSR count). The topological polar surface area (TPSA) is 53.2 Å². The number of halogens is 2. The van der Waals surface area contributed by atoms with Crippen LogP contribution in [0.3, 0.4) is 0 Å². The fourth-order valence-corrected chi connectivity index (χ4v) is 1.09. The van der Waals surface area contributed by atoms with Crippen LogP contribution in [0.4, 0.5) is 8.78 Å². The Morgan fingerprint density at radius 2 is 2.27 bits per heavy atom. The molecule has 1 aromatic heterocycles. The molecule has 0 spiro atoms. The van der Waals surface area contributed by atoms with Gasteiger partial charge in [-0.15, -0.1) is 0 Å². The molecule has 15 heavy (non-hydrogen) atoms. The zero-order chi connectivity index (χ0) is 11.4. The lowest BCUT2D eigenvalue weighted by atomic mass is 10.2. The highest BCUT2D eigenvalue weighted by molar-refractivity contribution is 5.93. The highest BCUT2D eigenvalue weighted by Crippen LogP contribution is 2.02. The molecule has 0 atom stereocenters. The van der Waals surface area contributed by atoms with Gasteiger partial charge in [0, 0.05) is 24.9 Å². The predicted molar refractivity (Wildman–Crippen MR) is 50.0 cm³/mol. The van der Waals surface area contributed by atoms with Crippen LogP contribution in [0.25, 0.3) is 0 Å². The first-order chi connectivity index (χ1) is 7.00. The fraction of sp³-hybridized carbons (Fsp3) is 0.333. The standard InChI is InChI=1S/C9H10F2N2O2/c1-13(5-7(10)11)9(15)6-2-3-12-8(14)4-6/h2-4,7H,5H2,1H3,(H,12,14). The van der Waals surface area contributed by atoms with Gasteiger partial charge in [0.25, 0.3) is 12.3 Å². The molecule has 82 valence electrons. The van der Waals surface area contributed by atoms with Crippen molar-refractivity contribution < 1.29 is 13.6 Å². The number of hydrogen-bond donors (Lipinski definition) is 1. The molecular weight excluding hydrogens is 206 g/mol. The summed E-state index contributed by atoms with van der Waals surface area (Å²) >= 11 is 0. The summed E-state index contributed by atoms with van der Waals surface area (Å²) in [5.74, 6) is -0.596. The van der Waals surface area contributed by atoms with Crippen molar-refractivity contribution >= 4 is 5.91 Å². The number of alkyl halides is 2. The Balaban J connectivity index is 2.80. The monoisotopic (exact) mass is 216 g/mol. The Bertz CT molecular complexity index is 403. The number of carbonyl (C=O) groups excluding carboxylic acids is 1. The second-order valence-electron chi connectivity index (χ2n) is 3.02. The van der Waals surface area contributed by atoms with E-state index in [1.807, 2.05) is 0 Å². The van der Waals surface area contributed by atoms with E-state index in [1.54, 1.807) is 0 Å². The molecule has 0 unspecified atom stereocenters. The van der Waals surface area contributed by atoms with E-state index in [2.05, 4.69) is 4.98 Å². The van der Waals surface area contributed by atoms with Gasteiger partial charge in [-0.05, 0) is 6.07 Å². The van der Waals surface area contributed by atoms with E-state index in [0.717, 1.165) is 11.0 Å². The number of pyridine rings is 1. The van der Waals surface area contributed by atoms with Crippen LogP contribution < -0.4 is 5.56 Å². The van der Waals surface area contributed by atoms with Gasteiger partial charge in [0.2, 0.25) is 5.56 Å². The number of nitrogens with zero attached hydrogens (tertiary/aromatic N) is 1. The molecule has 1 heterocycles. The third kappa shape index (κ3) is 3.16. The summed E-state index contributed by atoms with van der Waals surface area (Å²) in [6.45, 7) is -0.647. The molecule has 0 saturated carbocycles. The SMILES string of the molecule is CN(CC(F)F)C(=O)c1cc[nH]c(=O)c1. The van der Waals surface area contributed by atoms with Crippen molar-refractivity contribution in [3.05, 3.63) is 34.2 Å². The Morgan fingerprint density at radius 3 is 2.80 bits per heavy atom. The van der Waals surface area contributed by atoms with Crippen LogP contribution in [0.15, 0.2) is 23.1 Å². The Morgan fingerprint density at radius 1 is 1.60 bits per heavy atom. The molecule has 0 radical (unpaired) electrons. The minimum atomic E-state index is -2.58. The van der Waals surface area contributed by atoms with Crippen LogP contribution in [0.2, 0.25) is 0 Å². The minimum absolute atomic E-state index is 0.0990. The molecule has 0 aliphatic heterocycles. The molecule has 0 saturated heterocycles. The van der Waals surface area contributed by atoms with Crippen molar-refractivity contribution in [3.63, 3.8) is 0 Å². The largest absolute Gasteiger partial charge is 0.336 e. The van der Waals surface area contributed by atoms with Gasteiger partial charge >= 0.3 is 0 Å². The molecule has 1 aromatic rings. The summed E-state index contributed by atoms with van der Waals surface area (Å²) in [5, 5.41) is 0. The lowest BCUT2D eigenvalue weighted by Gasteiger charge is -2.15. The van der Waals surface area contributed by atoms with Crippen LogP contribution in [-0.4, -0.2) is 35.8 Å². The first kappa shape index (κ1) is 11.4. The van der Waals surface area contributed by atoms with Gasteiger partial charge in [-0.25, -0.2) is 8.78 Å². The maximum absolute atomic E-state index is 12.0. The molecule has 0 aromatic carbocycles. The normalized spacial score (nSPS) is 10.4. The first-order valence-corrected chi connectivity index (χ1v) is 4.23. The molecule has 0 aliphatic carbocycles. The minimum Gasteiger partial charge on any atom is -0.336 e. The number of carbonyl (C=O) groups is 1. The van der Waals surface area contributed by atoms with Gasteiger partial charge in [-0.2, -0.15) is 0 Å². The second kappa shape index (κ2) is 4.68. The summed E-state index contributed by atoms with van der Waals surface area (Å²) in [7, 11) is 1.26. The predicted octanol–water partition coefficient (Wildman–Crippen LogP) is 0.712. The van der Waals surface area contributed by atoms with Gasteiger partial charge in [-0.1, -0.05) is 0 Å². The lowest BCUT2D eigenvalue weighted by molar-refractivity contribution is 0.0620. The first-order valence-electron chi connectivity index (χ1n) is 4.23. The van der Waals surface area contributed by atoms with Gasteiger partial charge in [0.05, 0.1) is 6.54 Å². The van der Waals surface area contributed by atoms with Crippen LogP contribution in [-0.2, 0) is 0 Å². The van der Waals surface area contributed by atoms with E-state index in [1.165, 1.54) is 19.3 Å². The highest BCUT2D eigenvalue weighted by atomic mass is 19.3. The van der Waals surface area contributed by atoms with Crippen molar-refractivity contribution in [2.24, 2.45) is 0 Å². The third-order valence-corrected chi connectivity index (χ3v) is 1.78. The van der Waals surface area contributed by atoms with Crippen molar-refractivity contribution in [1.82, 2.24) is 9.88 Å². The van der Waals surface area contributed by atoms with Gasteiger partial charge in [0.1, 0.15) is 0 Å². The highest BCUT2D eigenvalue weighted by Gasteiger charge is 2.15. The molecule has 4 nitrogen and oxygen atoms in total. The zero-order valence-corrected chi connectivity index (χ0v) is 8.04. The molecule has 6 heteroatoms. The molecule has 0 bridgehead atoms. The quantitative estimate of drug-likeness (QED) is 0.809. The van der Waals surface area contributed by atoms with E-state index < -0.39 is 24.4 Å². The van der Waals surface area contributed by atoms with E-state index in [4.69, 9.17) is 0 Å². The smallest absolute Gasteiger partial charge is 0.255 e. The maximum Gasteiger partial charge on any atom is 0.255 e. The summed E-state index contributed by atoms with van der Waals surface area (Å²) < 4.78 is 24.0. The van der Waals surface area contributed by atoms with Crippen LogP contribution in [0.5, 0.6) is 0 Å². The van der Waals surface area contributed by atoms with E-state index in [0.29, 0.717) is 0 Å². The van der Waals surface area contributed by atoms with E-state index in [9.17, 15) is 18.4 Å². The van der Waals surface area contributed by atoms with Crippen molar-refractivity contribution in [2.75, 3.05) is 13.6 Å². The van der Waals surface area contributed by atoms with E-state index in [-0.39, 0.29) is 5.56 Å². The Kier molecular flexibility index (Phi) is 3.54. The number of rotatable bonds is 3. The summed E-state index contributed by atoms with van der Waals surface area (Å²) in [4.78, 5) is 25.5. The third-order valence-electron chi connectivity index (χ3n) is 1.78. The number of hydrogen-bond acceptors (Lipinski definition) is 2. The van der Waals surface area contributed by atoms with Crippen molar-refractivity contribution in [2.45, 2.75) is 6.43 Å². The number of aromatic nitrogens is 1. The second-order valence-corrected chi connectivity index (χ2v) is 3.02. The van der Waals surface area contributed by atoms with Crippen LogP contribution in [0.1, 0.15) is 10.4 Å². The van der Waals surface area contributed by atoms with Gasteiger partial charge in [-0.3, -0.25) is 9.59 Å². The number of nitrogens with one attached hydrogen (secondary N) is 1. The average Bonchev–Trinajstić information content (AvgIpc) is 2.15. The number of amides is 1. The summed E-state index contributed by atoms with van der Waals surface area (Å²) in [6, 6.07) is 2.44. The van der Waals surface area contributed by atoms with Gasteiger partial charge < -0.3 is 9.88 Å². The molecule has 0 aliphatic rings. The number of H-pyrrole nitrogens is 1. The average molecular weight is 216 g/mol. The summed E-state index contributed by atoms with van der Waals surface area (Å²) in [5.41, 5.74) is -0.340. The lowest BCUT2D eigenvalue weighted by Crippen LogP contribution is -2.31. The Labute approximate surface area is 84.5 Å². The Hall–Kier alpha value is -1.72.